The lowest BCUT2D eigenvalue weighted by molar-refractivity contribution is -0.154. The third-order valence-corrected chi connectivity index (χ3v) is 6.42. The van der Waals surface area contributed by atoms with Gasteiger partial charge in [-0.25, -0.2) is 4.79 Å². The first-order valence-electron chi connectivity index (χ1n) is 9.18. The number of hydrogen-bond acceptors (Lipinski definition) is 5. The molecule has 0 aromatic heterocycles. The molecule has 0 saturated carbocycles. The first-order valence-corrected chi connectivity index (χ1v) is 9.62. The lowest BCUT2D eigenvalue weighted by Crippen LogP contribution is -2.62. The van der Waals surface area contributed by atoms with Gasteiger partial charge in [-0.15, -0.1) is 11.6 Å². The molecule has 27 heavy (non-hydrogen) atoms. The molecule has 2 aliphatic heterocycles. The topological polar surface area (TPSA) is 55.8 Å². The molecule has 146 valence electrons. The predicted molar refractivity (Wildman–Crippen MR) is 103 cm³/mol. The average molecular weight is 392 g/mol. The molecule has 1 aromatic rings. The Morgan fingerprint density at radius 1 is 1.19 bits per heavy atom. The molecule has 0 bridgehead atoms. The third-order valence-electron chi connectivity index (χ3n) is 6.05. The summed E-state index contributed by atoms with van der Waals surface area (Å²) in [7, 11) is 2.76. The van der Waals surface area contributed by atoms with Crippen molar-refractivity contribution in [2.75, 3.05) is 20.8 Å². The van der Waals surface area contributed by atoms with Gasteiger partial charge in [0.1, 0.15) is 0 Å². The Labute approximate surface area is 165 Å². The molecule has 0 amide bonds. The van der Waals surface area contributed by atoms with Crippen LogP contribution in [0.25, 0.3) is 0 Å². The van der Waals surface area contributed by atoms with Crippen LogP contribution in [0.3, 0.4) is 0 Å². The Kier molecular flexibility index (Phi) is 5.52. The van der Waals surface area contributed by atoms with Gasteiger partial charge in [-0.05, 0) is 32.3 Å². The van der Waals surface area contributed by atoms with Crippen molar-refractivity contribution >= 4 is 23.5 Å². The van der Waals surface area contributed by atoms with Crippen molar-refractivity contribution in [3.63, 3.8) is 0 Å². The van der Waals surface area contributed by atoms with E-state index in [1.807, 2.05) is 37.3 Å². The fourth-order valence-electron chi connectivity index (χ4n) is 4.85. The van der Waals surface area contributed by atoms with Gasteiger partial charge in [-0.3, -0.25) is 4.79 Å². The molecule has 6 heteroatoms. The average Bonchev–Trinajstić information content (AvgIpc) is 2.66. The predicted octanol–water partition coefficient (Wildman–Crippen LogP) is 3.48. The van der Waals surface area contributed by atoms with Crippen LogP contribution in [0.15, 0.2) is 41.6 Å². The van der Waals surface area contributed by atoms with Gasteiger partial charge in [-0.2, -0.15) is 0 Å². The zero-order chi connectivity index (χ0) is 19.8. The van der Waals surface area contributed by atoms with Gasteiger partial charge in [0, 0.05) is 23.5 Å². The number of halogens is 1. The molecule has 1 unspecified atom stereocenters. The quantitative estimate of drug-likeness (QED) is 0.583. The molecular weight excluding hydrogens is 366 g/mol. The lowest BCUT2D eigenvalue weighted by Gasteiger charge is -2.56. The summed E-state index contributed by atoms with van der Waals surface area (Å²) in [6, 6.07) is 9.62. The van der Waals surface area contributed by atoms with Crippen molar-refractivity contribution in [2.45, 2.75) is 43.5 Å². The summed E-state index contributed by atoms with van der Waals surface area (Å²) in [5.41, 5.74) is 1.72. The van der Waals surface area contributed by atoms with Crippen LogP contribution in [0, 0.1) is 5.92 Å². The molecule has 0 N–H and O–H groups in total. The van der Waals surface area contributed by atoms with Crippen LogP contribution in [0.2, 0.25) is 0 Å². The van der Waals surface area contributed by atoms with Crippen LogP contribution in [-0.2, 0) is 19.1 Å². The largest absolute Gasteiger partial charge is 0.469 e. The summed E-state index contributed by atoms with van der Waals surface area (Å²) in [6.07, 6.45) is 1.44. The van der Waals surface area contributed by atoms with Crippen LogP contribution < -0.4 is 0 Å². The summed E-state index contributed by atoms with van der Waals surface area (Å²) in [6.45, 7) is 4.67. The number of esters is 2. The van der Waals surface area contributed by atoms with E-state index in [-0.39, 0.29) is 11.3 Å². The van der Waals surface area contributed by atoms with Gasteiger partial charge in [-0.1, -0.05) is 30.3 Å². The van der Waals surface area contributed by atoms with E-state index in [2.05, 4.69) is 11.8 Å². The third kappa shape index (κ3) is 3.22. The van der Waals surface area contributed by atoms with Crippen LogP contribution in [0.4, 0.5) is 0 Å². The fourth-order valence-corrected chi connectivity index (χ4v) is 5.26. The Morgan fingerprint density at radius 3 is 2.44 bits per heavy atom. The number of carbonyl (C=O) groups is 2. The van der Waals surface area contributed by atoms with Gasteiger partial charge in [0.25, 0.3) is 0 Å². The van der Waals surface area contributed by atoms with Gasteiger partial charge in [0.15, 0.2) is 0 Å². The number of allylic oxidation sites excluding steroid dienone is 1. The van der Waals surface area contributed by atoms with E-state index in [0.29, 0.717) is 18.5 Å². The van der Waals surface area contributed by atoms with E-state index >= 15 is 0 Å². The van der Waals surface area contributed by atoms with Gasteiger partial charge in [0.05, 0.1) is 31.2 Å². The number of methoxy groups -OCH3 is 2. The molecule has 1 aromatic carbocycles. The number of fused-ring (bicyclic) bond motifs is 1. The lowest BCUT2D eigenvalue weighted by atomic mass is 9.63. The number of benzene rings is 1. The highest BCUT2D eigenvalue weighted by Gasteiger charge is 2.57. The number of rotatable bonds is 3. The van der Waals surface area contributed by atoms with E-state index in [1.54, 1.807) is 0 Å². The first kappa shape index (κ1) is 19.7. The fraction of sp³-hybridized carbons (Fsp3) is 0.524. The van der Waals surface area contributed by atoms with E-state index in [4.69, 9.17) is 21.1 Å². The number of nitrogens with zero attached hydrogens (tertiary/aromatic N) is 1. The zero-order valence-corrected chi connectivity index (χ0v) is 17.0. The number of piperidine rings is 1. The maximum Gasteiger partial charge on any atom is 0.336 e. The Bertz CT molecular complexity index is 763. The second-order valence-corrected chi connectivity index (χ2v) is 8.10. The summed E-state index contributed by atoms with van der Waals surface area (Å²) in [5.74, 6) is -1.76. The summed E-state index contributed by atoms with van der Waals surface area (Å²) in [4.78, 5) is 27.9. The second-order valence-electron chi connectivity index (χ2n) is 7.48. The summed E-state index contributed by atoms with van der Waals surface area (Å²) in [5, 5.41) is -0.0256. The molecule has 3 rings (SSSR count). The van der Waals surface area contributed by atoms with Crippen LogP contribution >= 0.6 is 11.6 Å². The van der Waals surface area contributed by atoms with E-state index < -0.39 is 23.3 Å². The van der Waals surface area contributed by atoms with E-state index in [0.717, 1.165) is 17.7 Å². The number of alkyl halides is 1. The Balaban J connectivity index is 2.28. The SMILES string of the molecule is COC(=O)C1=C(C)N2CC[C@H](Cl)C[C@]2(C)[C@H](C(=O)OC)C1c1ccccc1. The van der Waals surface area contributed by atoms with Crippen molar-refractivity contribution in [3.8, 4) is 0 Å². The number of hydrogen-bond donors (Lipinski definition) is 0. The minimum Gasteiger partial charge on any atom is -0.469 e. The van der Waals surface area contributed by atoms with Crippen LogP contribution in [0.1, 0.15) is 38.2 Å². The molecule has 2 heterocycles. The molecule has 0 aliphatic carbocycles. The van der Waals surface area contributed by atoms with Crippen molar-refractivity contribution in [3.05, 3.63) is 47.2 Å². The Hall–Kier alpha value is -2.01. The minimum atomic E-state index is -0.566. The molecule has 4 atom stereocenters. The molecule has 0 spiro atoms. The van der Waals surface area contributed by atoms with Crippen LogP contribution in [0.5, 0.6) is 0 Å². The number of ether oxygens (including phenoxy) is 2. The number of carbonyl (C=O) groups excluding carboxylic acids is 2. The highest BCUT2D eigenvalue weighted by atomic mass is 35.5. The Morgan fingerprint density at radius 2 is 1.85 bits per heavy atom. The zero-order valence-electron chi connectivity index (χ0n) is 16.2. The highest BCUT2D eigenvalue weighted by molar-refractivity contribution is 6.20. The van der Waals surface area contributed by atoms with Gasteiger partial charge in [0.2, 0.25) is 0 Å². The van der Waals surface area contributed by atoms with Crippen molar-refractivity contribution in [1.29, 1.82) is 0 Å². The molecule has 1 fully saturated rings. The standard InChI is InChI=1S/C21H26ClNO4/c1-13-16(19(24)26-3)17(14-8-6-5-7-9-14)18(20(25)27-4)21(2)12-15(22)10-11-23(13)21/h5-9,15,17-18H,10-12H2,1-4H3/t15-,17?,18-,21+/m0/s1. The van der Waals surface area contributed by atoms with Crippen molar-refractivity contribution in [2.24, 2.45) is 5.92 Å². The molecular formula is C21H26ClNO4. The summed E-state index contributed by atoms with van der Waals surface area (Å²) < 4.78 is 10.3. The van der Waals surface area contributed by atoms with Crippen molar-refractivity contribution < 1.29 is 19.1 Å². The van der Waals surface area contributed by atoms with Crippen molar-refractivity contribution in [1.82, 2.24) is 4.90 Å². The summed E-state index contributed by atoms with van der Waals surface area (Å²) >= 11 is 6.52. The first-order chi connectivity index (χ1) is 12.8. The highest BCUT2D eigenvalue weighted by Crippen LogP contribution is 2.52. The molecule has 1 saturated heterocycles. The monoisotopic (exact) mass is 391 g/mol. The van der Waals surface area contributed by atoms with Gasteiger partial charge >= 0.3 is 11.9 Å². The van der Waals surface area contributed by atoms with Crippen LogP contribution in [-0.4, -0.2) is 48.5 Å². The van der Waals surface area contributed by atoms with E-state index in [1.165, 1.54) is 14.2 Å². The molecule has 5 nitrogen and oxygen atoms in total. The normalized spacial score (nSPS) is 30.6. The minimum absolute atomic E-state index is 0.0256. The molecule has 0 radical (unpaired) electrons. The smallest absolute Gasteiger partial charge is 0.336 e. The van der Waals surface area contributed by atoms with Gasteiger partial charge < -0.3 is 14.4 Å². The van der Waals surface area contributed by atoms with E-state index in [9.17, 15) is 9.59 Å². The maximum atomic E-state index is 13.0. The second kappa shape index (κ2) is 7.55. The maximum absolute atomic E-state index is 13.0. The molecule has 2 aliphatic rings.